The number of benzene rings is 1. The summed E-state index contributed by atoms with van der Waals surface area (Å²) < 4.78 is 40.4. The van der Waals surface area contributed by atoms with E-state index in [0.717, 1.165) is 12.8 Å². The number of nitrogens with one attached hydrogen (secondary N) is 1. The summed E-state index contributed by atoms with van der Waals surface area (Å²) in [5.74, 6) is -3.50. The molecule has 0 unspecified atom stereocenters. The van der Waals surface area contributed by atoms with E-state index in [1.165, 1.54) is 0 Å². The van der Waals surface area contributed by atoms with Gasteiger partial charge in [-0.2, -0.15) is 0 Å². The van der Waals surface area contributed by atoms with E-state index in [0.29, 0.717) is 30.2 Å². The number of aryl methyl sites for hydroxylation is 1. The molecule has 0 radical (unpaired) electrons. The zero-order valence-corrected chi connectivity index (χ0v) is 9.45. The van der Waals surface area contributed by atoms with Crippen LogP contribution in [0, 0.1) is 17.5 Å². The van der Waals surface area contributed by atoms with Crippen molar-refractivity contribution in [3.8, 4) is 0 Å². The molecule has 0 spiro atoms. The fraction of sp³-hybridized carbons (Fsp3) is 0.308. The van der Waals surface area contributed by atoms with Gasteiger partial charge in [-0.3, -0.25) is 4.79 Å². The van der Waals surface area contributed by atoms with Gasteiger partial charge in [0.1, 0.15) is 5.82 Å². The third-order valence-electron chi connectivity index (χ3n) is 3.42. The van der Waals surface area contributed by atoms with Gasteiger partial charge in [-0.1, -0.05) is 0 Å². The Bertz CT molecular complexity index is 706. The lowest BCUT2D eigenvalue weighted by Gasteiger charge is -2.16. The minimum Gasteiger partial charge on any atom is -0.355 e. The molecule has 1 N–H and O–H groups in total. The van der Waals surface area contributed by atoms with E-state index in [2.05, 4.69) is 4.98 Å². The van der Waals surface area contributed by atoms with Crippen LogP contribution < -0.4 is 5.43 Å². The largest absolute Gasteiger partial charge is 0.355 e. The molecule has 18 heavy (non-hydrogen) atoms. The van der Waals surface area contributed by atoms with Gasteiger partial charge in [0.05, 0.1) is 10.9 Å². The number of hydrogen-bond acceptors (Lipinski definition) is 1. The second-order valence-electron chi connectivity index (χ2n) is 4.52. The molecular weight excluding hydrogens is 243 g/mol. The van der Waals surface area contributed by atoms with Gasteiger partial charge in [0.15, 0.2) is 17.1 Å². The molecule has 0 bridgehead atoms. The predicted octanol–water partition coefficient (Wildman–Crippen LogP) is 2.82. The predicted molar refractivity (Wildman–Crippen MR) is 61.1 cm³/mol. The first-order valence-electron chi connectivity index (χ1n) is 5.81. The van der Waals surface area contributed by atoms with E-state index in [9.17, 15) is 18.0 Å². The Morgan fingerprint density at radius 3 is 2.56 bits per heavy atom. The summed E-state index contributed by atoms with van der Waals surface area (Å²) in [6, 6.07) is 0.419. The summed E-state index contributed by atoms with van der Waals surface area (Å²) in [5.41, 5.74) is 0.217. The van der Waals surface area contributed by atoms with E-state index >= 15 is 0 Å². The van der Waals surface area contributed by atoms with E-state index in [4.69, 9.17) is 0 Å². The fourth-order valence-corrected chi connectivity index (χ4v) is 2.53. The van der Waals surface area contributed by atoms with Crippen LogP contribution in [-0.2, 0) is 12.8 Å². The summed E-state index contributed by atoms with van der Waals surface area (Å²) in [6.45, 7) is 0. The first kappa shape index (κ1) is 11.3. The third-order valence-corrected chi connectivity index (χ3v) is 3.42. The van der Waals surface area contributed by atoms with Crippen LogP contribution in [0.4, 0.5) is 13.2 Å². The Kier molecular flexibility index (Phi) is 2.43. The molecule has 0 aliphatic heterocycles. The number of aromatic amines is 1. The van der Waals surface area contributed by atoms with Crippen molar-refractivity contribution in [2.75, 3.05) is 0 Å². The van der Waals surface area contributed by atoms with Crippen molar-refractivity contribution in [1.82, 2.24) is 4.98 Å². The number of aromatic nitrogens is 1. The highest BCUT2D eigenvalue weighted by molar-refractivity contribution is 5.81. The molecule has 1 aliphatic rings. The van der Waals surface area contributed by atoms with Crippen molar-refractivity contribution in [3.05, 3.63) is 45.0 Å². The van der Waals surface area contributed by atoms with Crippen LogP contribution in [0.2, 0.25) is 0 Å². The van der Waals surface area contributed by atoms with Gasteiger partial charge in [0.2, 0.25) is 0 Å². The Balaban J connectivity index is 2.50. The number of halogens is 3. The normalized spacial score (nSPS) is 14.8. The van der Waals surface area contributed by atoms with Crippen LogP contribution in [0.25, 0.3) is 10.9 Å². The van der Waals surface area contributed by atoms with Gasteiger partial charge in [0, 0.05) is 17.3 Å². The zero-order chi connectivity index (χ0) is 12.9. The fourth-order valence-electron chi connectivity index (χ4n) is 2.53. The second kappa shape index (κ2) is 3.86. The van der Waals surface area contributed by atoms with Crippen molar-refractivity contribution in [3.63, 3.8) is 0 Å². The summed E-state index contributed by atoms with van der Waals surface area (Å²) in [5, 5.41) is -0.380. The molecule has 5 heteroatoms. The topological polar surface area (TPSA) is 32.9 Å². The quantitative estimate of drug-likeness (QED) is 0.719. The highest BCUT2D eigenvalue weighted by Gasteiger charge is 2.21. The van der Waals surface area contributed by atoms with Crippen LogP contribution in [0.15, 0.2) is 10.9 Å². The first-order chi connectivity index (χ1) is 8.59. The Labute approximate surface area is 100 Å². The molecule has 2 aromatic rings. The molecule has 1 aromatic carbocycles. The summed E-state index contributed by atoms with van der Waals surface area (Å²) in [4.78, 5) is 14.8. The maximum Gasteiger partial charge on any atom is 0.195 e. The lowest BCUT2D eigenvalue weighted by molar-refractivity contribution is 0.503. The van der Waals surface area contributed by atoms with E-state index < -0.39 is 22.9 Å². The highest BCUT2D eigenvalue weighted by atomic mass is 19.2. The number of fused-ring (bicyclic) bond motifs is 2. The van der Waals surface area contributed by atoms with Crippen LogP contribution in [0.1, 0.15) is 24.1 Å². The number of pyridine rings is 1. The maximum atomic E-state index is 13.6. The lowest BCUT2D eigenvalue weighted by atomic mass is 9.94. The minimum absolute atomic E-state index is 0.363. The Morgan fingerprint density at radius 2 is 1.78 bits per heavy atom. The van der Waals surface area contributed by atoms with E-state index in [1.807, 2.05) is 0 Å². The van der Waals surface area contributed by atoms with Crippen LogP contribution in [0.5, 0.6) is 0 Å². The molecule has 0 fully saturated rings. The molecule has 2 nitrogen and oxygen atoms in total. The molecule has 0 saturated carbocycles. The maximum absolute atomic E-state index is 13.6. The van der Waals surface area contributed by atoms with Gasteiger partial charge < -0.3 is 4.98 Å². The molecule has 94 valence electrons. The van der Waals surface area contributed by atoms with Crippen molar-refractivity contribution in [2.24, 2.45) is 0 Å². The van der Waals surface area contributed by atoms with Gasteiger partial charge in [-0.15, -0.1) is 0 Å². The van der Waals surface area contributed by atoms with Gasteiger partial charge in [-0.25, -0.2) is 13.2 Å². The standard InChI is InChI=1S/C13H10F3NO/c14-7-5-8(15)11(16)12-10(7)13(18)6-3-1-2-4-9(6)17-12/h5H,1-4H2,(H,17,18). The summed E-state index contributed by atoms with van der Waals surface area (Å²) in [7, 11) is 0. The molecule has 1 heterocycles. The average molecular weight is 253 g/mol. The van der Waals surface area contributed by atoms with Crippen LogP contribution in [-0.4, -0.2) is 4.98 Å². The highest BCUT2D eigenvalue weighted by Crippen LogP contribution is 2.24. The van der Waals surface area contributed by atoms with Gasteiger partial charge in [0.25, 0.3) is 0 Å². The van der Waals surface area contributed by atoms with Crippen molar-refractivity contribution >= 4 is 10.9 Å². The molecule has 0 amide bonds. The average Bonchev–Trinajstić information content (AvgIpc) is 2.36. The Morgan fingerprint density at radius 1 is 1.06 bits per heavy atom. The minimum atomic E-state index is -1.29. The van der Waals surface area contributed by atoms with Gasteiger partial charge >= 0.3 is 0 Å². The monoisotopic (exact) mass is 253 g/mol. The molecule has 1 aliphatic carbocycles. The molecule has 0 atom stereocenters. The van der Waals surface area contributed by atoms with Gasteiger partial charge in [-0.05, 0) is 25.7 Å². The Hall–Kier alpha value is -1.78. The first-order valence-corrected chi connectivity index (χ1v) is 5.81. The summed E-state index contributed by atoms with van der Waals surface area (Å²) >= 11 is 0. The van der Waals surface area contributed by atoms with Crippen LogP contribution in [0.3, 0.4) is 0 Å². The van der Waals surface area contributed by atoms with Crippen molar-refractivity contribution in [2.45, 2.75) is 25.7 Å². The number of hydrogen-bond donors (Lipinski definition) is 1. The molecule has 0 saturated heterocycles. The van der Waals surface area contributed by atoms with Crippen molar-refractivity contribution < 1.29 is 13.2 Å². The zero-order valence-electron chi connectivity index (χ0n) is 9.45. The third kappa shape index (κ3) is 1.46. The SMILES string of the molecule is O=c1c2c([nH]c3c(F)c(F)cc(F)c13)CCCC2. The van der Waals surface area contributed by atoms with Crippen molar-refractivity contribution in [1.29, 1.82) is 0 Å². The summed E-state index contributed by atoms with van der Waals surface area (Å²) in [6.07, 6.45) is 2.90. The molecular formula is C13H10F3NO. The second-order valence-corrected chi connectivity index (χ2v) is 4.52. The molecule has 3 rings (SSSR count). The number of rotatable bonds is 0. The lowest BCUT2D eigenvalue weighted by Crippen LogP contribution is -2.20. The smallest absolute Gasteiger partial charge is 0.195 e. The van der Waals surface area contributed by atoms with E-state index in [1.54, 1.807) is 0 Å². The number of H-pyrrole nitrogens is 1. The van der Waals surface area contributed by atoms with Crippen LogP contribution >= 0.6 is 0 Å². The van der Waals surface area contributed by atoms with E-state index in [-0.39, 0.29) is 10.9 Å². The molecule has 1 aromatic heterocycles.